The van der Waals surface area contributed by atoms with E-state index in [1.165, 1.54) is 23.6 Å². The number of fused-ring (bicyclic) bond motifs is 1. The molecule has 0 radical (unpaired) electrons. The summed E-state index contributed by atoms with van der Waals surface area (Å²) in [5, 5.41) is 12.0. The van der Waals surface area contributed by atoms with Gasteiger partial charge in [-0.05, 0) is 25.0 Å². The van der Waals surface area contributed by atoms with Gasteiger partial charge in [0.25, 0.3) is 0 Å². The Hall–Kier alpha value is -2.63. The van der Waals surface area contributed by atoms with Gasteiger partial charge in [-0.1, -0.05) is 18.2 Å². The maximum atomic E-state index is 10.7. The van der Waals surface area contributed by atoms with E-state index in [9.17, 15) is 4.79 Å². The predicted octanol–water partition coefficient (Wildman–Crippen LogP) is 2.04. The number of anilines is 2. The summed E-state index contributed by atoms with van der Waals surface area (Å²) < 4.78 is 0. The number of nitrogens with one attached hydrogen (secondary N) is 1. The molecule has 0 aliphatic carbocycles. The molecule has 2 heterocycles. The number of aromatic nitrogens is 2. The second-order valence-corrected chi connectivity index (χ2v) is 5.39. The van der Waals surface area contributed by atoms with E-state index in [1.54, 1.807) is 0 Å². The van der Waals surface area contributed by atoms with Crippen LogP contribution in [0.1, 0.15) is 23.0 Å². The lowest BCUT2D eigenvalue weighted by Gasteiger charge is -2.25. The summed E-state index contributed by atoms with van der Waals surface area (Å²) in [5.41, 5.74) is 2.64. The number of benzene rings is 1. The Bertz CT molecular complexity index is 672. The zero-order valence-corrected chi connectivity index (χ0v) is 12.4. The molecule has 1 aliphatic rings. The van der Waals surface area contributed by atoms with Crippen molar-refractivity contribution in [2.24, 2.45) is 0 Å². The van der Waals surface area contributed by atoms with Gasteiger partial charge in [0, 0.05) is 24.8 Å². The van der Waals surface area contributed by atoms with Crippen molar-refractivity contribution in [3.05, 3.63) is 47.9 Å². The monoisotopic (exact) mass is 298 g/mol. The van der Waals surface area contributed by atoms with E-state index in [0.717, 1.165) is 19.5 Å². The van der Waals surface area contributed by atoms with E-state index < -0.39 is 5.97 Å². The molecule has 2 aromatic rings. The lowest BCUT2D eigenvalue weighted by molar-refractivity contribution is 0.0690. The van der Waals surface area contributed by atoms with Gasteiger partial charge in [-0.2, -0.15) is 0 Å². The van der Waals surface area contributed by atoms with Crippen LogP contribution in [0.2, 0.25) is 0 Å². The third kappa shape index (κ3) is 2.86. The van der Waals surface area contributed by atoms with Crippen molar-refractivity contribution in [3.8, 4) is 0 Å². The Morgan fingerprint density at radius 2 is 2.18 bits per heavy atom. The van der Waals surface area contributed by atoms with Crippen LogP contribution < -0.4 is 10.2 Å². The summed E-state index contributed by atoms with van der Waals surface area (Å²) in [6.45, 7) is 3.81. The fraction of sp³-hybridized carbons (Fsp3) is 0.312. The first-order valence-electron chi connectivity index (χ1n) is 7.29. The number of hydrogen-bond acceptors (Lipinski definition) is 5. The number of nitrogens with zero attached hydrogens (tertiary/aromatic N) is 3. The Morgan fingerprint density at radius 3 is 2.91 bits per heavy atom. The van der Waals surface area contributed by atoms with Crippen LogP contribution in [0.15, 0.2) is 36.7 Å². The normalized spacial score (nSPS) is 16.4. The summed E-state index contributed by atoms with van der Waals surface area (Å²) in [4.78, 5) is 21.0. The molecular formula is C16H18N4O2. The van der Waals surface area contributed by atoms with Gasteiger partial charge in [-0.25, -0.2) is 14.8 Å². The molecule has 0 amide bonds. The molecule has 114 valence electrons. The summed E-state index contributed by atoms with van der Waals surface area (Å²) >= 11 is 0. The van der Waals surface area contributed by atoms with Crippen LogP contribution in [-0.2, 0) is 6.42 Å². The van der Waals surface area contributed by atoms with Gasteiger partial charge in [0.2, 0.25) is 0 Å². The molecule has 22 heavy (non-hydrogen) atoms. The first-order valence-corrected chi connectivity index (χ1v) is 7.29. The van der Waals surface area contributed by atoms with E-state index in [0.29, 0.717) is 11.9 Å². The molecule has 1 atom stereocenters. The zero-order valence-electron chi connectivity index (χ0n) is 12.4. The van der Waals surface area contributed by atoms with Gasteiger partial charge >= 0.3 is 5.97 Å². The van der Waals surface area contributed by atoms with Gasteiger partial charge < -0.3 is 15.3 Å². The molecule has 3 rings (SSSR count). The molecule has 2 N–H and O–H groups in total. The minimum absolute atomic E-state index is 0.0485. The minimum Gasteiger partial charge on any atom is -0.476 e. The van der Waals surface area contributed by atoms with E-state index in [1.807, 2.05) is 0 Å². The fourth-order valence-corrected chi connectivity index (χ4v) is 2.80. The maximum absolute atomic E-state index is 10.7. The van der Waals surface area contributed by atoms with Crippen molar-refractivity contribution < 1.29 is 9.90 Å². The smallest absolute Gasteiger partial charge is 0.356 e. The van der Waals surface area contributed by atoms with Crippen LogP contribution in [-0.4, -0.2) is 40.2 Å². The second kappa shape index (κ2) is 6.01. The van der Waals surface area contributed by atoms with E-state index >= 15 is 0 Å². The van der Waals surface area contributed by atoms with E-state index in [4.69, 9.17) is 5.11 Å². The van der Waals surface area contributed by atoms with Gasteiger partial charge in [-0.3, -0.25) is 0 Å². The van der Waals surface area contributed by atoms with E-state index in [-0.39, 0.29) is 5.69 Å². The molecule has 6 nitrogen and oxygen atoms in total. The molecule has 0 fully saturated rings. The summed E-state index contributed by atoms with van der Waals surface area (Å²) in [7, 11) is 0. The van der Waals surface area contributed by atoms with Crippen LogP contribution in [0.3, 0.4) is 0 Å². The highest BCUT2D eigenvalue weighted by molar-refractivity contribution is 5.84. The van der Waals surface area contributed by atoms with Crippen molar-refractivity contribution in [2.45, 2.75) is 19.4 Å². The van der Waals surface area contributed by atoms with Crippen LogP contribution in [0.25, 0.3) is 0 Å². The Labute approximate surface area is 128 Å². The highest BCUT2D eigenvalue weighted by Gasteiger charge is 2.24. The molecule has 0 saturated heterocycles. The van der Waals surface area contributed by atoms with Crippen molar-refractivity contribution in [3.63, 3.8) is 0 Å². The zero-order chi connectivity index (χ0) is 15.5. The van der Waals surface area contributed by atoms with Gasteiger partial charge in [-0.15, -0.1) is 0 Å². The number of carbonyl (C=O) groups is 1. The van der Waals surface area contributed by atoms with Crippen molar-refractivity contribution in [2.75, 3.05) is 23.3 Å². The van der Waals surface area contributed by atoms with E-state index in [2.05, 4.69) is 51.4 Å². The number of carboxylic acid groups (broad SMARTS) is 1. The molecule has 0 bridgehead atoms. The van der Waals surface area contributed by atoms with Crippen molar-refractivity contribution >= 4 is 17.5 Å². The number of carboxylic acids is 1. The number of para-hydroxylation sites is 1. The fourth-order valence-electron chi connectivity index (χ4n) is 2.80. The quantitative estimate of drug-likeness (QED) is 0.879. The van der Waals surface area contributed by atoms with Gasteiger partial charge in [0.05, 0.1) is 12.4 Å². The Balaban J connectivity index is 1.58. The first kappa shape index (κ1) is 14.3. The third-order valence-electron chi connectivity index (χ3n) is 3.88. The number of hydrogen-bond donors (Lipinski definition) is 2. The molecule has 1 aromatic heterocycles. The Kier molecular flexibility index (Phi) is 3.91. The van der Waals surface area contributed by atoms with Crippen molar-refractivity contribution in [1.29, 1.82) is 0 Å². The average molecular weight is 298 g/mol. The molecule has 0 saturated carbocycles. The van der Waals surface area contributed by atoms with Crippen molar-refractivity contribution in [1.82, 2.24) is 9.97 Å². The molecule has 1 aliphatic heterocycles. The average Bonchev–Trinajstić information content (AvgIpc) is 2.84. The molecular weight excluding hydrogens is 280 g/mol. The third-order valence-corrected chi connectivity index (χ3v) is 3.88. The van der Waals surface area contributed by atoms with Crippen LogP contribution >= 0.6 is 0 Å². The summed E-state index contributed by atoms with van der Waals surface area (Å²) in [6.07, 6.45) is 3.78. The highest BCUT2D eigenvalue weighted by atomic mass is 16.4. The summed E-state index contributed by atoms with van der Waals surface area (Å²) in [5.74, 6) is -0.480. The number of rotatable bonds is 5. The van der Waals surface area contributed by atoms with Gasteiger partial charge in [0.15, 0.2) is 5.69 Å². The largest absolute Gasteiger partial charge is 0.476 e. The summed E-state index contributed by atoms with van der Waals surface area (Å²) in [6, 6.07) is 8.95. The first-order chi connectivity index (χ1) is 10.6. The van der Waals surface area contributed by atoms with Gasteiger partial charge in [0.1, 0.15) is 5.82 Å². The minimum atomic E-state index is -1.07. The molecule has 1 unspecified atom stereocenters. The predicted molar refractivity (Wildman–Crippen MR) is 84.4 cm³/mol. The Morgan fingerprint density at radius 1 is 1.36 bits per heavy atom. The molecule has 1 aromatic carbocycles. The standard InChI is InChI=1S/C16H18N4O2/c1-11-8-12-4-2-3-5-14(12)20(11)7-6-17-15-10-18-13(9-19-15)16(21)22/h2-5,9-11H,6-8H2,1H3,(H,17,19)(H,21,22). The van der Waals surface area contributed by atoms with Crippen LogP contribution in [0, 0.1) is 0 Å². The topological polar surface area (TPSA) is 78.4 Å². The van der Waals surface area contributed by atoms with Crippen LogP contribution in [0.4, 0.5) is 11.5 Å². The lowest BCUT2D eigenvalue weighted by atomic mass is 10.1. The highest BCUT2D eigenvalue weighted by Crippen LogP contribution is 2.31. The SMILES string of the molecule is CC1Cc2ccccc2N1CCNc1cnc(C(=O)O)cn1. The second-order valence-electron chi connectivity index (χ2n) is 5.39. The molecule has 6 heteroatoms. The lowest BCUT2D eigenvalue weighted by Crippen LogP contribution is -2.33. The van der Waals surface area contributed by atoms with Crippen LogP contribution in [0.5, 0.6) is 0 Å². The maximum Gasteiger partial charge on any atom is 0.356 e. The molecule has 0 spiro atoms. The number of aromatic carboxylic acids is 1.